The minimum absolute atomic E-state index is 0. The second-order valence-electron chi connectivity index (χ2n) is 9.14. The third kappa shape index (κ3) is 8.07. The van der Waals surface area contributed by atoms with Gasteiger partial charge in [-0.1, -0.05) is 70.7 Å². The van der Waals surface area contributed by atoms with Gasteiger partial charge in [0.2, 0.25) is 0 Å². The van der Waals surface area contributed by atoms with Gasteiger partial charge in [-0.05, 0) is 52.7 Å². The van der Waals surface area contributed by atoms with Crippen LogP contribution in [0.4, 0.5) is 0 Å². The van der Waals surface area contributed by atoms with Crippen molar-refractivity contribution in [1.82, 2.24) is 0 Å². The van der Waals surface area contributed by atoms with Crippen LogP contribution in [0.3, 0.4) is 0 Å². The first-order chi connectivity index (χ1) is 17.0. The Hall–Kier alpha value is -1.35. The summed E-state index contributed by atoms with van der Waals surface area (Å²) in [5.74, 6) is -0.511. The maximum Gasteiger partial charge on any atom is 2.00 e. The van der Waals surface area contributed by atoms with Crippen LogP contribution in [-0.2, 0) is 16.8 Å². The Bertz CT molecular complexity index is 1070. The molecule has 37 heavy (non-hydrogen) atoms. The molecule has 203 valence electrons. The molecule has 1 radical (unpaired) electrons. The second-order valence-corrected chi connectivity index (χ2v) is 10.7. The van der Waals surface area contributed by atoms with Crippen molar-refractivity contribution in [1.29, 1.82) is 0 Å². The van der Waals surface area contributed by atoms with E-state index < -0.39 is 0 Å². The molecule has 2 aromatic carbocycles. The molecule has 0 N–H and O–H groups in total. The van der Waals surface area contributed by atoms with E-state index in [4.69, 9.17) is 55.9 Å². The molecule has 0 saturated heterocycles. The van der Waals surface area contributed by atoms with Gasteiger partial charge in [0, 0.05) is 23.6 Å². The molecule has 0 aliphatic heterocycles. The van der Waals surface area contributed by atoms with Gasteiger partial charge in [-0.25, -0.2) is 0 Å². The van der Waals surface area contributed by atoms with Gasteiger partial charge in [0.1, 0.15) is 11.5 Å². The van der Waals surface area contributed by atoms with Crippen LogP contribution < -0.4 is 19.7 Å². The van der Waals surface area contributed by atoms with E-state index in [1.54, 1.807) is 0 Å². The summed E-state index contributed by atoms with van der Waals surface area (Å²) in [6.07, 6.45) is 5.93. The Morgan fingerprint density at radius 3 is 1.43 bits per heavy atom. The van der Waals surface area contributed by atoms with Gasteiger partial charge in [0.05, 0.1) is 44.4 Å². The first-order valence-corrected chi connectivity index (χ1v) is 13.3. The molecule has 0 heterocycles. The average molecular weight is 633 g/mol. The molecule has 0 unspecified atom stereocenters. The topological polar surface area (TPSA) is 89.3 Å². The van der Waals surface area contributed by atoms with Gasteiger partial charge < -0.3 is 19.7 Å². The zero-order chi connectivity index (χ0) is 26.6. The van der Waals surface area contributed by atoms with Crippen LogP contribution >= 0.6 is 46.4 Å². The standard InChI is InChI=1S/C26H30Cl4N2O4.Co/c1-13(2)35-21-9-17(27)23(29)15(25(21)33)11-31-19-7-5-6-8-20(19)32-12-16-24(30)18(28)10-22(26(16)34)36-14(3)4;/h9-14,19-20,33-34H,5-8H2,1-4H3;/q;+2/p-2/t19-,20-;/m0./s1. The largest absolute Gasteiger partial charge is 2.00 e. The third-order valence-corrected chi connectivity index (χ3v) is 7.16. The molecule has 1 aliphatic carbocycles. The molecule has 0 spiro atoms. The van der Waals surface area contributed by atoms with Crippen LogP contribution in [0.1, 0.15) is 64.5 Å². The van der Waals surface area contributed by atoms with Gasteiger partial charge in [-0.15, -0.1) is 0 Å². The van der Waals surface area contributed by atoms with E-state index in [-0.39, 0.29) is 95.3 Å². The summed E-state index contributed by atoms with van der Waals surface area (Å²) in [6.45, 7) is 7.27. The molecule has 1 aliphatic rings. The fourth-order valence-corrected chi connectivity index (χ4v) is 4.68. The van der Waals surface area contributed by atoms with Crippen molar-refractivity contribution >= 4 is 58.8 Å². The number of aliphatic imine (C=N–C) groups is 2. The van der Waals surface area contributed by atoms with E-state index in [0.29, 0.717) is 0 Å². The Kier molecular flexibility index (Phi) is 12.2. The monoisotopic (exact) mass is 631 g/mol. The summed E-state index contributed by atoms with van der Waals surface area (Å²) in [4.78, 5) is 9.30. The number of nitrogens with zero attached hydrogens (tertiary/aromatic N) is 2. The fraction of sp³-hybridized carbons (Fsp3) is 0.462. The summed E-state index contributed by atoms with van der Waals surface area (Å²) in [5, 5.41) is 26.5. The van der Waals surface area contributed by atoms with Crippen LogP contribution in [0.25, 0.3) is 0 Å². The minimum atomic E-state index is -0.378. The Balaban J connectivity index is 0.00000481. The van der Waals surface area contributed by atoms with Gasteiger partial charge in [-0.3, -0.25) is 9.98 Å². The van der Waals surface area contributed by atoms with Crippen molar-refractivity contribution in [2.45, 2.75) is 77.7 Å². The first kappa shape index (κ1) is 31.9. The maximum atomic E-state index is 12.9. The number of hydrogen-bond acceptors (Lipinski definition) is 6. The summed E-state index contributed by atoms with van der Waals surface area (Å²) in [7, 11) is 0. The molecule has 0 amide bonds. The number of hydrogen-bond donors (Lipinski definition) is 0. The molecular formula is C26H28Cl4CoN2O4. The van der Waals surface area contributed by atoms with Crippen molar-refractivity contribution in [3.63, 3.8) is 0 Å². The normalized spacial score (nSPS) is 18.1. The average Bonchev–Trinajstić information content (AvgIpc) is 2.81. The maximum absolute atomic E-state index is 12.9. The third-order valence-electron chi connectivity index (χ3n) is 5.55. The predicted molar refractivity (Wildman–Crippen MR) is 145 cm³/mol. The summed E-state index contributed by atoms with van der Waals surface area (Å²) in [5.41, 5.74) is 0.339. The van der Waals surface area contributed by atoms with E-state index in [2.05, 4.69) is 9.98 Å². The van der Waals surface area contributed by atoms with E-state index in [1.165, 1.54) is 24.6 Å². The Morgan fingerprint density at radius 2 is 1.11 bits per heavy atom. The fourth-order valence-electron chi connectivity index (χ4n) is 3.90. The van der Waals surface area contributed by atoms with Crippen molar-refractivity contribution in [3.8, 4) is 23.0 Å². The molecule has 1 saturated carbocycles. The minimum Gasteiger partial charge on any atom is -0.869 e. The van der Waals surface area contributed by atoms with E-state index in [1.807, 2.05) is 27.7 Å². The SMILES string of the molecule is CC(C)Oc1cc(Cl)c(Cl)c(C=N[C@H]2CCCC[C@@H]2N=Cc2c([O-])c(OC(C)C)cc(Cl)c2Cl)c1[O-].[Co+2]. The molecule has 0 aromatic heterocycles. The van der Waals surface area contributed by atoms with Crippen LogP contribution in [0, 0.1) is 0 Å². The van der Waals surface area contributed by atoms with Crippen molar-refractivity contribution in [2.24, 2.45) is 9.98 Å². The van der Waals surface area contributed by atoms with Crippen LogP contribution in [0.2, 0.25) is 20.1 Å². The van der Waals surface area contributed by atoms with Crippen molar-refractivity contribution < 1.29 is 36.5 Å². The molecule has 2 atom stereocenters. The zero-order valence-corrected chi connectivity index (χ0v) is 24.9. The van der Waals surface area contributed by atoms with Gasteiger partial charge in [-0.2, -0.15) is 0 Å². The molecule has 0 bridgehead atoms. The molecule has 11 heteroatoms. The number of ether oxygens (including phenoxy) is 2. The summed E-state index contributed by atoms with van der Waals surface area (Å²) >= 11 is 25.1. The molecular weight excluding hydrogens is 605 g/mol. The molecule has 2 aromatic rings. The summed E-state index contributed by atoms with van der Waals surface area (Å²) in [6, 6.07) is 2.39. The smallest absolute Gasteiger partial charge is 0.869 e. The number of rotatable bonds is 8. The van der Waals surface area contributed by atoms with Crippen LogP contribution in [0.15, 0.2) is 22.1 Å². The van der Waals surface area contributed by atoms with E-state index >= 15 is 0 Å². The quantitative estimate of drug-likeness (QED) is 0.297. The second kappa shape index (κ2) is 14.2. The molecule has 1 fully saturated rings. The van der Waals surface area contributed by atoms with Gasteiger partial charge >= 0.3 is 16.8 Å². The van der Waals surface area contributed by atoms with Crippen LogP contribution in [0.5, 0.6) is 23.0 Å². The van der Waals surface area contributed by atoms with E-state index in [0.717, 1.165) is 25.7 Å². The van der Waals surface area contributed by atoms with Gasteiger partial charge in [0.25, 0.3) is 0 Å². The van der Waals surface area contributed by atoms with Gasteiger partial charge in [0.15, 0.2) is 0 Å². The predicted octanol–water partition coefficient (Wildman–Crippen LogP) is 6.87. The Morgan fingerprint density at radius 1 is 0.757 bits per heavy atom. The van der Waals surface area contributed by atoms with Crippen LogP contribution in [-0.4, -0.2) is 36.7 Å². The zero-order valence-electron chi connectivity index (χ0n) is 20.8. The first-order valence-electron chi connectivity index (χ1n) is 11.8. The number of benzene rings is 2. The number of halogens is 4. The molecule has 3 rings (SSSR count). The summed E-state index contributed by atoms with van der Waals surface area (Å²) < 4.78 is 11.2. The van der Waals surface area contributed by atoms with Crippen molar-refractivity contribution in [3.05, 3.63) is 43.4 Å². The van der Waals surface area contributed by atoms with E-state index in [9.17, 15) is 10.2 Å². The van der Waals surface area contributed by atoms with Crippen molar-refractivity contribution in [2.75, 3.05) is 0 Å². The Labute approximate surface area is 248 Å². The molecule has 6 nitrogen and oxygen atoms in total.